The molecule has 0 N–H and O–H groups in total. The standard InChI is InChI=1S/C25H37N5O3/c1-5-14-25(15-9-16-25)29(3)24(31)32-17-21-23(27-28-30(21)4)20-12-13-22(18(2)26-20)33-19-10-7-6-8-11-19/h12-13,19H,5-11,14-17H2,1-4H3. The monoisotopic (exact) mass is 455 g/mol. The van der Waals surface area contributed by atoms with E-state index in [2.05, 4.69) is 17.2 Å². The fourth-order valence-corrected chi connectivity index (χ4v) is 5.13. The number of hydrogen-bond acceptors (Lipinski definition) is 6. The second kappa shape index (κ2) is 10.1. The highest BCUT2D eigenvalue weighted by molar-refractivity contribution is 5.69. The molecule has 8 nitrogen and oxygen atoms in total. The molecule has 0 spiro atoms. The van der Waals surface area contributed by atoms with Gasteiger partial charge < -0.3 is 14.4 Å². The highest BCUT2D eigenvalue weighted by atomic mass is 16.6. The number of amides is 1. The van der Waals surface area contributed by atoms with E-state index in [1.807, 2.05) is 26.1 Å². The number of pyridine rings is 1. The first-order chi connectivity index (χ1) is 15.9. The summed E-state index contributed by atoms with van der Waals surface area (Å²) in [5.74, 6) is 0.825. The van der Waals surface area contributed by atoms with Crippen molar-refractivity contribution < 1.29 is 14.3 Å². The quantitative estimate of drug-likeness (QED) is 0.545. The van der Waals surface area contributed by atoms with Gasteiger partial charge in [-0.25, -0.2) is 14.5 Å². The normalized spacial score (nSPS) is 17.9. The summed E-state index contributed by atoms with van der Waals surface area (Å²) < 4.78 is 13.6. The van der Waals surface area contributed by atoms with Crippen LogP contribution in [0.1, 0.15) is 82.5 Å². The average molecular weight is 456 g/mol. The maximum absolute atomic E-state index is 12.8. The highest BCUT2D eigenvalue weighted by Crippen LogP contribution is 2.41. The lowest BCUT2D eigenvalue weighted by atomic mass is 9.73. The summed E-state index contributed by atoms with van der Waals surface area (Å²) in [5, 5.41) is 8.46. The van der Waals surface area contributed by atoms with Crippen LogP contribution in [-0.2, 0) is 18.4 Å². The zero-order valence-corrected chi connectivity index (χ0v) is 20.5. The van der Waals surface area contributed by atoms with E-state index in [1.54, 1.807) is 16.6 Å². The molecule has 0 aromatic carbocycles. The molecule has 1 amide bonds. The lowest BCUT2D eigenvalue weighted by Crippen LogP contribution is -2.54. The second-order valence-corrected chi connectivity index (χ2v) is 9.61. The van der Waals surface area contributed by atoms with Gasteiger partial charge >= 0.3 is 6.09 Å². The third-order valence-electron chi connectivity index (χ3n) is 7.39. The first-order valence-corrected chi connectivity index (χ1v) is 12.4. The number of carbonyl (C=O) groups is 1. The molecule has 8 heteroatoms. The summed E-state index contributed by atoms with van der Waals surface area (Å²) in [6.45, 7) is 4.22. The van der Waals surface area contributed by atoms with Crippen LogP contribution in [0.15, 0.2) is 12.1 Å². The summed E-state index contributed by atoms with van der Waals surface area (Å²) >= 11 is 0. The molecule has 180 valence electrons. The van der Waals surface area contributed by atoms with Crippen molar-refractivity contribution in [1.82, 2.24) is 24.9 Å². The Kier molecular flexibility index (Phi) is 7.20. The molecule has 0 unspecified atom stereocenters. The lowest BCUT2D eigenvalue weighted by molar-refractivity contribution is 0.0137. The van der Waals surface area contributed by atoms with Gasteiger partial charge in [0.2, 0.25) is 0 Å². The van der Waals surface area contributed by atoms with Gasteiger partial charge in [-0.05, 0) is 70.4 Å². The molecule has 2 saturated carbocycles. The van der Waals surface area contributed by atoms with Crippen LogP contribution in [0.2, 0.25) is 0 Å². The highest BCUT2D eigenvalue weighted by Gasteiger charge is 2.42. The van der Waals surface area contributed by atoms with Crippen molar-refractivity contribution in [2.24, 2.45) is 7.05 Å². The van der Waals surface area contributed by atoms with E-state index in [0.29, 0.717) is 11.4 Å². The van der Waals surface area contributed by atoms with E-state index >= 15 is 0 Å². The van der Waals surface area contributed by atoms with Crippen molar-refractivity contribution in [2.45, 2.75) is 96.3 Å². The molecule has 0 aliphatic heterocycles. The van der Waals surface area contributed by atoms with Gasteiger partial charge in [-0.3, -0.25) is 0 Å². The van der Waals surface area contributed by atoms with E-state index in [-0.39, 0.29) is 24.3 Å². The largest absolute Gasteiger partial charge is 0.489 e. The fourth-order valence-electron chi connectivity index (χ4n) is 5.13. The van der Waals surface area contributed by atoms with Gasteiger partial charge in [-0.15, -0.1) is 5.10 Å². The molecule has 0 bridgehead atoms. The predicted molar refractivity (Wildman–Crippen MR) is 126 cm³/mol. The second-order valence-electron chi connectivity index (χ2n) is 9.61. The van der Waals surface area contributed by atoms with Crippen molar-refractivity contribution in [1.29, 1.82) is 0 Å². The zero-order valence-electron chi connectivity index (χ0n) is 20.5. The van der Waals surface area contributed by atoms with E-state index in [9.17, 15) is 4.79 Å². The molecule has 33 heavy (non-hydrogen) atoms. The Morgan fingerprint density at radius 1 is 1.21 bits per heavy atom. The van der Waals surface area contributed by atoms with Gasteiger partial charge in [0.25, 0.3) is 0 Å². The number of rotatable bonds is 8. The van der Waals surface area contributed by atoms with Gasteiger partial charge in [-0.2, -0.15) is 0 Å². The summed E-state index contributed by atoms with van der Waals surface area (Å²) in [5.41, 5.74) is 2.84. The summed E-state index contributed by atoms with van der Waals surface area (Å²) in [4.78, 5) is 19.4. The molecule has 0 saturated heterocycles. The zero-order chi connectivity index (χ0) is 23.4. The molecule has 2 aliphatic rings. The summed E-state index contributed by atoms with van der Waals surface area (Å²) in [6.07, 6.45) is 11.3. The van der Waals surface area contributed by atoms with Gasteiger partial charge in [-0.1, -0.05) is 25.0 Å². The van der Waals surface area contributed by atoms with E-state index < -0.39 is 0 Å². The molecule has 2 heterocycles. The third kappa shape index (κ3) is 4.99. The molecular formula is C25H37N5O3. The number of aryl methyl sites for hydroxylation is 2. The smallest absolute Gasteiger partial charge is 0.410 e. The number of ether oxygens (including phenoxy) is 2. The van der Waals surface area contributed by atoms with Crippen LogP contribution in [0.3, 0.4) is 0 Å². The minimum Gasteiger partial charge on any atom is -0.489 e. The van der Waals surface area contributed by atoms with Crippen molar-refractivity contribution >= 4 is 6.09 Å². The van der Waals surface area contributed by atoms with Gasteiger partial charge in [0, 0.05) is 19.6 Å². The van der Waals surface area contributed by atoms with Crippen LogP contribution in [0, 0.1) is 6.92 Å². The Morgan fingerprint density at radius 2 is 1.97 bits per heavy atom. The van der Waals surface area contributed by atoms with Crippen molar-refractivity contribution in [3.8, 4) is 17.1 Å². The van der Waals surface area contributed by atoms with Crippen LogP contribution in [-0.4, -0.2) is 49.7 Å². The molecule has 2 aliphatic carbocycles. The SMILES string of the molecule is CCCC1(N(C)C(=O)OCc2c(-c3ccc(OC4CCCCC4)c(C)n3)nnn2C)CCC1. The Balaban J connectivity index is 1.44. The number of hydrogen-bond donors (Lipinski definition) is 0. The maximum Gasteiger partial charge on any atom is 0.410 e. The average Bonchev–Trinajstić information content (AvgIpc) is 3.16. The number of nitrogens with zero attached hydrogens (tertiary/aromatic N) is 5. The van der Waals surface area contributed by atoms with Gasteiger partial charge in [0.1, 0.15) is 23.7 Å². The Bertz CT molecular complexity index is 963. The molecular weight excluding hydrogens is 418 g/mol. The summed E-state index contributed by atoms with van der Waals surface area (Å²) in [6, 6.07) is 3.88. The van der Waals surface area contributed by atoms with Crippen LogP contribution < -0.4 is 4.74 Å². The minimum atomic E-state index is -0.296. The van der Waals surface area contributed by atoms with Crippen LogP contribution in [0.4, 0.5) is 4.79 Å². The Hall–Kier alpha value is -2.64. The molecule has 0 radical (unpaired) electrons. The van der Waals surface area contributed by atoms with Gasteiger partial charge in [0.05, 0.1) is 17.5 Å². The van der Waals surface area contributed by atoms with Crippen molar-refractivity contribution in [3.63, 3.8) is 0 Å². The van der Waals surface area contributed by atoms with Crippen LogP contribution >= 0.6 is 0 Å². The first-order valence-electron chi connectivity index (χ1n) is 12.4. The van der Waals surface area contributed by atoms with E-state index in [1.165, 1.54) is 25.7 Å². The molecule has 4 rings (SSSR count). The van der Waals surface area contributed by atoms with Crippen LogP contribution in [0.25, 0.3) is 11.4 Å². The third-order valence-corrected chi connectivity index (χ3v) is 7.39. The molecule has 0 atom stereocenters. The lowest BCUT2D eigenvalue weighted by Gasteiger charge is -2.48. The first kappa shape index (κ1) is 23.5. The van der Waals surface area contributed by atoms with Crippen molar-refractivity contribution in [2.75, 3.05) is 7.05 Å². The molecule has 2 fully saturated rings. The number of carbonyl (C=O) groups excluding carboxylic acids is 1. The van der Waals surface area contributed by atoms with Crippen molar-refractivity contribution in [3.05, 3.63) is 23.5 Å². The van der Waals surface area contributed by atoms with Gasteiger partial charge in [0.15, 0.2) is 0 Å². The predicted octanol–water partition coefficient (Wildman–Crippen LogP) is 5.19. The van der Waals surface area contributed by atoms with E-state index in [0.717, 1.165) is 55.7 Å². The molecule has 2 aromatic heterocycles. The van der Waals surface area contributed by atoms with Crippen LogP contribution in [0.5, 0.6) is 5.75 Å². The Labute approximate surface area is 196 Å². The molecule has 2 aromatic rings. The topological polar surface area (TPSA) is 82.4 Å². The maximum atomic E-state index is 12.8. The Morgan fingerprint density at radius 3 is 2.61 bits per heavy atom. The number of aromatic nitrogens is 4. The fraction of sp³-hybridized carbons (Fsp3) is 0.680. The van der Waals surface area contributed by atoms with E-state index in [4.69, 9.17) is 14.5 Å². The minimum absolute atomic E-state index is 0.0494. The summed E-state index contributed by atoms with van der Waals surface area (Å²) in [7, 11) is 3.66.